The highest BCUT2D eigenvalue weighted by molar-refractivity contribution is 5.67. The van der Waals surface area contributed by atoms with Crippen molar-refractivity contribution in [1.82, 2.24) is 4.90 Å². The van der Waals surface area contributed by atoms with Crippen LogP contribution in [0.5, 0.6) is 0 Å². The van der Waals surface area contributed by atoms with E-state index in [2.05, 4.69) is 0 Å². The van der Waals surface area contributed by atoms with Crippen LogP contribution in [0.2, 0.25) is 0 Å². The molecular formula is C7H11NO3. The van der Waals surface area contributed by atoms with Gasteiger partial charge in [-0.05, 0) is 19.3 Å². The van der Waals surface area contributed by atoms with Crippen LogP contribution in [0.25, 0.3) is 0 Å². The molecule has 2 rings (SSSR count). The van der Waals surface area contributed by atoms with E-state index in [-0.39, 0.29) is 12.1 Å². The first-order valence-corrected chi connectivity index (χ1v) is 3.89. The minimum atomic E-state index is -0.881. The number of aliphatic hydroxyl groups is 1. The highest BCUT2D eigenvalue weighted by Gasteiger charge is 2.47. The molecule has 4 nitrogen and oxygen atoms in total. The zero-order valence-corrected chi connectivity index (χ0v) is 6.10. The van der Waals surface area contributed by atoms with Crippen LogP contribution in [-0.2, 0) is 0 Å². The minimum absolute atomic E-state index is 0.0903. The Morgan fingerprint density at radius 2 is 2.18 bits per heavy atom. The zero-order valence-electron chi connectivity index (χ0n) is 6.10. The molecule has 3 atom stereocenters. The molecule has 2 heterocycles. The van der Waals surface area contributed by atoms with Crippen LogP contribution >= 0.6 is 0 Å². The molecule has 3 unspecified atom stereocenters. The van der Waals surface area contributed by atoms with Crippen molar-refractivity contribution in [2.75, 3.05) is 0 Å². The van der Waals surface area contributed by atoms with Crippen LogP contribution in [0.4, 0.5) is 4.79 Å². The number of amides is 1. The maximum Gasteiger partial charge on any atom is 0.407 e. The summed E-state index contributed by atoms with van der Waals surface area (Å²) >= 11 is 0. The lowest BCUT2D eigenvalue weighted by atomic mass is 9.98. The summed E-state index contributed by atoms with van der Waals surface area (Å²) in [6.07, 6.45) is 1.10. The highest BCUT2D eigenvalue weighted by Crippen LogP contribution is 2.37. The van der Waals surface area contributed by atoms with Crippen molar-refractivity contribution in [3.05, 3.63) is 0 Å². The predicted octanol–water partition coefficient (Wildman–Crippen LogP) is 0.262. The van der Waals surface area contributed by atoms with Crippen molar-refractivity contribution in [1.29, 1.82) is 0 Å². The van der Waals surface area contributed by atoms with Crippen LogP contribution in [0.1, 0.15) is 19.3 Å². The zero-order chi connectivity index (χ0) is 8.01. The van der Waals surface area contributed by atoms with Gasteiger partial charge in [-0.25, -0.2) is 4.79 Å². The number of fused-ring (bicyclic) bond motifs is 2. The Bertz CT molecular complexity index is 194. The largest absolute Gasteiger partial charge is 0.465 e. The Kier molecular flexibility index (Phi) is 1.32. The molecule has 1 amide bonds. The summed E-state index contributed by atoms with van der Waals surface area (Å²) in [6.45, 7) is 0. The SMILES string of the molecule is O=C(O)N1C2CCC1C(O)C2. The van der Waals surface area contributed by atoms with E-state index < -0.39 is 12.2 Å². The van der Waals surface area contributed by atoms with Gasteiger partial charge < -0.3 is 10.2 Å². The fraction of sp³-hybridized carbons (Fsp3) is 0.857. The highest BCUT2D eigenvalue weighted by atomic mass is 16.4. The van der Waals surface area contributed by atoms with Crippen LogP contribution in [0.15, 0.2) is 0 Å². The van der Waals surface area contributed by atoms with E-state index in [1.54, 1.807) is 0 Å². The fourth-order valence-corrected chi connectivity index (χ4v) is 2.26. The van der Waals surface area contributed by atoms with Crippen molar-refractivity contribution in [2.24, 2.45) is 0 Å². The second-order valence-electron chi connectivity index (χ2n) is 3.29. The lowest BCUT2D eigenvalue weighted by Gasteiger charge is -2.17. The normalized spacial score (nSPS) is 41.5. The molecule has 4 heteroatoms. The smallest absolute Gasteiger partial charge is 0.407 e. The number of nitrogens with zero attached hydrogens (tertiary/aromatic N) is 1. The predicted molar refractivity (Wildman–Crippen MR) is 37.3 cm³/mol. The molecule has 11 heavy (non-hydrogen) atoms. The van der Waals surface area contributed by atoms with E-state index in [0.29, 0.717) is 6.42 Å². The van der Waals surface area contributed by atoms with E-state index >= 15 is 0 Å². The average molecular weight is 157 g/mol. The van der Waals surface area contributed by atoms with Gasteiger partial charge in [0.05, 0.1) is 12.1 Å². The molecular weight excluding hydrogens is 146 g/mol. The summed E-state index contributed by atoms with van der Waals surface area (Å²) in [5.74, 6) is 0. The molecule has 0 aromatic heterocycles. The van der Waals surface area contributed by atoms with E-state index in [1.165, 1.54) is 4.90 Å². The van der Waals surface area contributed by atoms with Gasteiger partial charge in [-0.1, -0.05) is 0 Å². The van der Waals surface area contributed by atoms with Gasteiger partial charge in [0.15, 0.2) is 0 Å². The molecule has 0 aromatic carbocycles. The monoisotopic (exact) mass is 157 g/mol. The van der Waals surface area contributed by atoms with Crippen LogP contribution in [-0.4, -0.2) is 39.4 Å². The molecule has 2 N–H and O–H groups in total. The summed E-state index contributed by atoms with van der Waals surface area (Å²) in [7, 11) is 0. The van der Waals surface area contributed by atoms with Crippen molar-refractivity contribution >= 4 is 6.09 Å². The molecule has 0 saturated carbocycles. The standard InChI is InChI=1S/C7H11NO3/c9-6-3-4-1-2-5(6)8(4)7(10)11/h4-6,9H,1-3H2,(H,10,11). The van der Waals surface area contributed by atoms with Crippen LogP contribution < -0.4 is 0 Å². The Morgan fingerprint density at radius 1 is 1.45 bits per heavy atom. The topological polar surface area (TPSA) is 60.8 Å². The van der Waals surface area contributed by atoms with Gasteiger partial charge in [-0.15, -0.1) is 0 Å². The van der Waals surface area contributed by atoms with Gasteiger partial charge in [0.2, 0.25) is 0 Å². The minimum Gasteiger partial charge on any atom is -0.465 e. The second-order valence-corrected chi connectivity index (χ2v) is 3.29. The molecule has 0 spiro atoms. The number of aliphatic hydroxyl groups excluding tert-OH is 1. The first-order chi connectivity index (χ1) is 5.20. The third-order valence-corrected chi connectivity index (χ3v) is 2.72. The summed E-state index contributed by atoms with van der Waals surface area (Å²) < 4.78 is 0. The number of carbonyl (C=O) groups is 1. The molecule has 2 aliphatic rings. The number of rotatable bonds is 0. The maximum absolute atomic E-state index is 10.6. The lowest BCUT2D eigenvalue weighted by molar-refractivity contribution is 0.106. The van der Waals surface area contributed by atoms with Crippen LogP contribution in [0.3, 0.4) is 0 Å². The van der Waals surface area contributed by atoms with Gasteiger partial charge >= 0.3 is 6.09 Å². The van der Waals surface area contributed by atoms with Gasteiger partial charge in [-0.2, -0.15) is 0 Å². The van der Waals surface area contributed by atoms with Crippen LogP contribution in [0, 0.1) is 0 Å². The van der Waals surface area contributed by atoms with Gasteiger partial charge in [0.1, 0.15) is 0 Å². The summed E-state index contributed by atoms with van der Waals surface area (Å²) in [5.41, 5.74) is 0. The summed E-state index contributed by atoms with van der Waals surface area (Å²) in [6, 6.07) is -0.0231. The van der Waals surface area contributed by atoms with E-state index in [4.69, 9.17) is 5.11 Å². The first-order valence-electron chi connectivity index (χ1n) is 3.89. The van der Waals surface area contributed by atoms with E-state index in [1.807, 2.05) is 0 Å². The fourth-order valence-electron chi connectivity index (χ4n) is 2.26. The second kappa shape index (κ2) is 2.11. The Morgan fingerprint density at radius 3 is 2.45 bits per heavy atom. The first kappa shape index (κ1) is 6.91. The van der Waals surface area contributed by atoms with Crippen molar-refractivity contribution < 1.29 is 15.0 Å². The third kappa shape index (κ3) is 0.822. The van der Waals surface area contributed by atoms with Crippen molar-refractivity contribution in [3.63, 3.8) is 0 Å². The van der Waals surface area contributed by atoms with E-state index in [9.17, 15) is 9.90 Å². The third-order valence-electron chi connectivity index (χ3n) is 2.72. The Hall–Kier alpha value is -0.770. The van der Waals surface area contributed by atoms with Gasteiger partial charge in [0, 0.05) is 6.04 Å². The summed E-state index contributed by atoms with van der Waals surface area (Å²) in [5, 5.41) is 18.1. The van der Waals surface area contributed by atoms with Gasteiger partial charge in [0.25, 0.3) is 0 Å². The molecule has 62 valence electrons. The summed E-state index contributed by atoms with van der Waals surface area (Å²) in [4.78, 5) is 12.0. The molecule has 0 aromatic rings. The molecule has 2 aliphatic heterocycles. The van der Waals surface area contributed by atoms with E-state index in [0.717, 1.165) is 12.8 Å². The van der Waals surface area contributed by atoms with Gasteiger partial charge in [-0.3, -0.25) is 4.90 Å². The molecule has 2 bridgehead atoms. The van der Waals surface area contributed by atoms with Crippen molar-refractivity contribution in [3.8, 4) is 0 Å². The molecule has 0 radical (unpaired) electrons. The molecule has 2 fully saturated rings. The van der Waals surface area contributed by atoms with Crippen molar-refractivity contribution in [2.45, 2.75) is 37.5 Å². The Balaban J connectivity index is 2.19. The average Bonchev–Trinajstić information content (AvgIpc) is 2.41. The molecule has 0 aliphatic carbocycles. The maximum atomic E-state index is 10.6. The number of hydrogen-bond donors (Lipinski definition) is 2. The molecule has 2 saturated heterocycles. The quantitative estimate of drug-likeness (QED) is 0.530. The Labute approximate surface area is 64.4 Å². The number of hydrogen-bond acceptors (Lipinski definition) is 2. The lowest BCUT2D eigenvalue weighted by Crippen LogP contribution is -2.36. The number of carboxylic acid groups (broad SMARTS) is 1.